The molecule has 1 amide bonds. The minimum absolute atomic E-state index is 0.0580. The van der Waals surface area contributed by atoms with E-state index >= 15 is 0 Å². The molecule has 1 heterocycles. The minimum Gasteiger partial charge on any atom is -0.477 e. The van der Waals surface area contributed by atoms with Crippen molar-refractivity contribution in [2.24, 2.45) is 11.8 Å². The van der Waals surface area contributed by atoms with Crippen LogP contribution in [0.4, 0.5) is 5.69 Å². The Morgan fingerprint density at radius 2 is 1.71 bits per heavy atom. The Morgan fingerprint density at radius 3 is 2.26 bits per heavy atom. The Kier molecular flexibility index (Phi) is 10.1. The highest BCUT2D eigenvalue weighted by Gasteiger charge is 2.37. The van der Waals surface area contributed by atoms with Crippen molar-refractivity contribution in [3.8, 4) is 0 Å². The zero-order valence-electron chi connectivity index (χ0n) is 21.0. The smallest absolute Gasteiger partial charge is 0.348 e. The van der Waals surface area contributed by atoms with Crippen LogP contribution in [-0.4, -0.2) is 51.7 Å². The maximum atomic E-state index is 13.8. The number of thiophene rings is 1. The quantitative estimate of drug-likeness (QED) is 0.422. The summed E-state index contributed by atoms with van der Waals surface area (Å²) in [6.07, 6.45) is 10.2. The Morgan fingerprint density at radius 1 is 1.09 bits per heavy atom. The molecule has 0 saturated heterocycles. The van der Waals surface area contributed by atoms with Gasteiger partial charge in [-0.05, 0) is 88.7 Å². The van der Waals surface area contributed by atoms with Gasteiger partial charge in [-0.1, -0.05) is 13.0 Å². The fraction of sp³-hybridized carbons (Fsp3) is 0.667. The molecule has 3 aliphatic rings. The summed E-state index contributed by atoms with van der Waals surface area (Å²) in [6, 6.07) is 1.84. The summed E-state index contributed by atoms with van der Waals surface area (Å²) >= 11 is 1.25. The van der Waals surface area contributed by atoms with Crippen LogP contribution in [0.1, 0.15) is 99.0 Å². The molecule has 0 aliphatic heterocycles. The number of aliphatic hydroxyl groups excluding tert-OH is 2. The summed E-state index contributed by atoms with van der Waals surface area (Å²) in [4.78, 5) is 29.0. The van der Waals surface area contributed by atoms with Gasteiger partial charge in [0.05, 0.1) is 11.8 Å². The summed E-state index contributed by atoms with van der Waals surface area (Å²) < 4.78 is 0. The predicted molar refractivity (Wildman–Crippen MR) is 140 cm³/mol. The van der Waals surface area contributed by atoms with Crippen LogP contribution in [0.2, 0.25) is 0 Å². The normalized spacial score (nSPS) is 26.9. The van der Waals surface area contributed by atoms with Crippen molar-refractivity contribution in [1.82, 2.24) is 0 Å². The van der Waals surface area contributed by atoms with Gasteiger partial charge in [0.2, 0.25) is 5.91 Å². The van der Waals surface area contributed by atoms with Crippen molar-refractivity contribution in [1.29, 1.82) is 5.41 Å². The van der Waals surface area contributed by atoms with Crippen molar-refractivity contribution >= 4 is 40.2 Å². The van der Waals surface area contributed by atoms with Crippen molar-refractivity contribution in [3.63, 3.8) is 0 Å². The first-order chi connectivity index (χ1) is 16.7. The largest absolute Gasteiger partial charge is 0.477 e. The van der Waals surface area contributed by atoms with Gasteiger partial charge < -0.3 is 25.6 Å². The van der Waals surface area contributed by atoms with Crippen molar-refractivity contribution < 1.29 is 24.9 Å². The van der Waals surface area contributed by atoms with Gasteiger partial charge in [0, 0.05) is 35.6 Å². The highest BCUT2D eigenvalue weighted by atomic mass is 32.1. The number of aromatic carboxylic acids is 1. The first kappa shape index (κ1) is 27.6. The van der Waals surface area contributed by atoms with E-state index in [2.05, 4.69) is 6.92 Å². The maximum absolute atomic E-state index is 13.8. The monoisotopic (exact) mass is 504 g/mol. The Hall–Kier alpha value is -2.03. The van der Waals surface area contributed by atoms with Gasteiger partial charge in [-0.3, -0.25) is 4.79 Å². The fourth-order valence-electron chi connectivity index (χ4n) is 5.35. The third kappa shape index (κ3) is 7.02. The minimum atomic E-state index is -0.994. The number of nitrogens with zero attached hydrogens (tertiary/aromatic N) is 1. The summed E-state index contributed by atoms with van der Waals surface area (Å²) in [5.74, 6) is -0.357. The molecule has 35 heavy (non-hydrogen) atoms. The second-order valence-electron chi connectivity index (χ2n) is 10.1. The zero-order chi connectivity index (χ0) is 25.5. The Labute approximate surface area is 212 Å². The predicted octanol–water partition coefficient (Wildman–Crippen LogP) is 5.49. The molecule has 8 heteroatoms. The molecule has 0 radical (unpaired) electrons. The lowest BCUT2D eigenvalue weighted by molar-refractivity contribution is -0.124. The van der Waals surface area contributed by atoms with Crippen molar-refractivity contribution in [3.05, 3.63) is 21.9 Å². The Bertz CT molecular complexity index is 924. The molecule has 1 aromatic heterocycles. The van der Waals surface area contributed by atoms with E-state index in [4.69, 9.17) is 10.5 Å². The van der Waals surface area contributed by atoms with Gasteiger partial charge >= 0.3 is 5.97 Å². The summed E-state index contributed by atoms with van der Waals surface area (Å²) in [5, 5.41) is 35.4. The van der Waals surface area contributed by atoms with Crippen LogP contribution < -0.4 is 4.90 Å². The number of anilines is 1. The number of nitrogens with one attached hydrogen (secondary N) is 1. The number of hydrogen-bond donors (Lipinski definition) is 4. The topological polar surface area (TPSA) is 122 Å². The molecule has 0 aromatic carbocycles. The van der Waals surface area contributed by atoms with E-state index in [0.29, 0.717) is 55.8 Å². The summed E-state index contributed by atoms with van der Waals surface area (Å²) in [5.41, 5.74) is 2.31. The van der Waals surface area contributed by atoms with Gasteiger partial charge in [0.25, 0.3) is 0 Å². The van der Waals surface area contributed by atoms with Crippen LogP contribution >= 0.6 is 11.3 Å². The van der Waals surface area contributed by atoms with Crippen LogP contribution in [0.3, 0.4) is 0 Å². The number of carboxylic acids is 1. The lowest BCUT2D eigenvalue weighted by Crippen LogP contribution is -2.47. The number of aliphatic hydroxyl groups is 2. The highest BCUT2D eigenvalue weighted by Crippen LogP contribution is 2.41. The molecule has 2 saturated carbocycles. The number of carboxylic acid groups (broad SMARTS) is 1. The molecular weight excluding hydrogens is 464 g/mol. The molecule has 0 spiro atoms. The van der Waals surface area contributed by atoms with Crippen LogP contribution in [0.15, 0.2) is 12.1 Å². The molecule has 2 fully saturated rings. The number of amides is 1. The average Bonchev–Trinajstić information content (AvgIpc) is 3.27. The molecule has 7 nitrogen and oxygen atoms in total. The first-order valence-corrected chi connectivity index (χ1v) is 13.8. The zero-order valence-corrected chi connectivity index (χ0v) is 21.8. The molecule has 0 atom stereocenters. The third-order valence-electron chi connectivity index (χ3n) is 7.41. The van der Waals surface area contributed by atoms with E-state index in [-0.39, 0.29) is 35.5 Å². The van der Waals surface area contributed by atoms with Crippen LogP contribution in [-0.2, 0) is 4.79 Å². The van der Waals surface area contributed by atoms with E-state index < -0.39 is 5.97 Å². The van der Waals surface area contributed by atoms with Crippen LogP contribution in [0, 0.1) is 17.2 Å². The van der Waals surface area contributed by atoms with E-state index in [1.165, 1.54) is 11.3 Å². The van der Waals surface area contributed by atoms with Gasteiger partial charge in [-0.15, -0.1) is 11.3 Å². The summed E-state index contributed by atoms with van der Waals surface area (Å²) in [6.45, 7) is 4.16. The maximum Gasteiger partial charge on any atom is 0.348 e. The van der Waals surface area contributed by atoms with Crippen molar-refractivity contribution in [2.75, 3.05) is 11.5 Å². The first-order valence-electron chi connectivity index (χ1n) is 13.0. The van der Waals surface area contributed by atoms with Crippen LogP contribution in [0.25, 0.3) is 5.57 Å². The molecule has 3 aliphatic carbocycles. The van der Waals surface area contributed by atoms with Crippen LogP contribution in [0.5, 0.6) is 0 Å². The molecular formula is C27H40N2O5S. The van der Waals surface area contributed by atoms with Gasteiger partial charge in [-0.2, -0.15) is 0 Å². The Balaban J connectivity index is 0.00000108. The number of allylic oxidation sites excluding steroid dienone is 2. The second kappa shape index (κ2) is 12.8. The molecule has 1 aromatic rings. The third-order valence-corrected chi connectivity index (χ3v) is 8.60. The van der Waals surface area contributed by atoms with E-state index in [0.717, 1.165) is 42.6 Å². The summed E-state index contributed by atoms with van der Waals surface area (Å²) in [7, 11) is 0. The second-order valence-corrected chi connectivity index (χ2v) is 11.2. The lowest BCUT2D eigenvalue weighted by atomic mass is 9.81. The number of rotatable bonds is 5. The molecule has 194 valence electrons. The van der Waals surface area contributed by atoms with E-state index in [1.54, 1.807) is 11.8 Å². The molecule has 0 unspecified atom stereocenters. The van der Waals surface area contributed by atoms with Gasteiger partial charge in [0.1, 0.15) is 4.88 Å². The lowest BCUT2D eigenvalue weighted by Gasteiger charge is -2.38. The average molecular weight is 505 g/mol. The molecule has 4 N–H and O–H groups in total. The number of carbonyl (C=O) groups excluding carboxylic acids is 1. The fourth-order valence-corrected chi connectivity index (χ4v) is 6.40. The standard InChI is InChI=1S/C25H34N2O4S.C2H6O/c1-15-2-4-17(5-3-15)24(29)27(19-10-12-20(28)13-11-19)21-14-22(32-23(21)25(30)31)16-6-8-18(26)9-7-16;1-2-3/h6,14-15,17,19-20,26,28H,2-5,7-13H2,1H3,(H,30,31);3H,2H2,1H3. The molecule has 4 rings (SSSR count). The van der Waals surface area contributed by atoms with Gasteiger partial charge in [0.15, 0.2) is 0 Å². The SMILES string of the molecule is CC1CCC(C(=O)N(c2cc(C3=CCC(=N)CC3)sc2C(=O)O)C2CCC(O)CC2)CC1.CCO. The molecule has 0 bridgehead atoms. The van der Waals surface area contributed by atoms with Crippen molar-refractivity contribution in [2.45, 2.75) is 96.6 Å². The number of hydrogen-bond acceptors (Lipinski definition) is 6. The number of carbonyl (C=O) groups is 2. The van der Waals surface area contributed by atoms with Gasteiger partial charge in [-0.25, -0.2) is 4.79 Å². The van der Waals surface area contributed by atoms with E-state index in [9.17, 15) is 19.8 Å². The van der Waals surface area contributed by atoms with E-state index in [1.807, 2.05) is 12.1 Å². The highest BCUT2D eigenvalue weighted by molar-refractivity contribution is 7.15.